The molecule has 24 heavy (non-hydrogen) atoms. The minimum Gasteiger partial charge on any atom is -0.481 e. The average molecular weight is 332 g/mol. The zero-order valence-electron chi connectivity index (χ0n) is 13.2. The number of carbonyl (C=O) groups excluding carboxylic acids is 1. The van der Waals surface area contributed by atoms with Crippen molar-refractivity contribution >= 4 is 11.8 Å². The quantitative estimate of drug-likeness (QED) is 0.663. The van der Waals surface area contributed by atoms with Gasteiger partial charge in [-0.05, 0) is 17.7 Å². The van der Waals surface area contributed by atoms with E-state index < -0.39 is 30.6 Å². The number of carbonyl (C=O) groups is 2. The predicted octanol–water partition coefficient (Wildman–Crippen LogP) is 2.45. The van der Waals surface area contributed by atoms with Crippen LogP contribution in [-0.4, -0.2) is 35.9 Å². The Bertz CT molecular complexity index is 593. The molecule has 0 radical (unpaired) electrons. The van der Waals surface area contributed by atoms with Gasteiger partial charge < -0.3 is 19.3 Å². The van der Waals surface area contributed by atoms with Gasteiger partial charge in [-0.2, -0.15) is 0 Å². The molecule has 2 rings (SSSR count). The summed E-state index contributed by atoms with van der Waals surface area (Å²) in [5.41, 5.74) is 1.00. The Morgan fingerprint density at radius 2 is 2.00 bits per heavy atom. The molecule has 0 spiro atoms. The lowest BCUT2D eigenvalue weighted by Gasteiger charge is -2.23. The van der Waals surface area contributed by atoms with E-state index in [1.807, 2.05) is 30.3 Å². The lowest BCUT2D eigenvalue weighted by atomic mass is 10.1. The summed E-state index contributed by atoms with van der Waals surface area (Å²) in [6.45, 7) is 0.548. The topological polar surface area (TPSA) is 82.1 Å². The molecule has 6 nitrogen and oxygen atoms in total. The number of carboxylic acid groups (broad SMARTS) is 1. The van der Waals surface area contributed by atoms with E-state index in [2.05, 4.69) is 0 Å². The van der Waals surface area contributed by atoms with Gasteiger partial charge in [0.1, 0.15) is 12.2 Å². The fraction of sp³-hybridized carbons (Fsp3) is 0.333. The van der Waals surface area contributed by atoms with Crippen LogP contribution in [0.25, 0.3) is 0 Å². The van der Waals surface area contributed by atoms with Crippen molar-refractivity contribution in [3.8, 4) is 0 Å². The van der Waals surface area contributed by atoms with Crippen molar-refractivity contribution in [3.05, 3.63) is 60.4 Å². The molecule has 6 heteroatoms. The highest BCUT2D eigenvalue weighted by molar-refractivity contribution is 5.94. The molecule has 0 saturated carbocycles. The third kappa shape index (κ3) is 6.76. The van der Waals surface area contributed by atoms with Crippen molar-refractivity contribution in [1.82, 2.24) is 0 Å². The van der Waals surface area contributed by atoms with E-state index in [-0.39, 0.29) is 13.0 Å². The summed E-state index contributed by atoms with van der Waals surface area (Å²) in [7, 11) is 0. The van der Waals surface area contributed by atoms with E-state index in [0.29, 0.717) is 6.61 Å². The molecule has 1 unspecified atom stereocenters. The molecule has 1 N–H and O–H groups in total. The number of Topliss-reactive ketones (excluding diaryl/α,β-unsaturated/α-hetero) is 1. The lowest BCUT2D eigenvalue weighted by Crippen LogP contribution is -2.29. The number of aliphatic carboxylic acids is 1. The fourth-order valence-electron chi connectivity index (χ4n) is 2.16. The monoisotopic (exact) mass is 332 g/mol. The van der Waals surface area contributed by atoms with Gasteiger partial charge in [-0.25, -0.2) is 0 Å². The van der Waals surface area contributed by atoms with Crippen molar-refractivity contribution < 1.29 is 28.9 Å². The van der Waals surface area contributed by atoms with Crippen LogP contribution in [0.2, 0.25) is 0 Å². The van der Waals surface area contributed by atoms with Gasteiger partial charge in [-0.3, -0.25) is 9.59 Å². The van der Waals surface area contributed by atoms with E-state index in [1.165, 1.54) is 6.26 Å². The van der Waals surface area contributed by atoms with Gasteiger partial charge in [-0.1, -0.05) is 36.4 Å². The summed E-state index contributed by atoms with van der Waals surface area (Å²) >= 11 is 0. The first-order valence-corrected chi connectivity index (χ1v) is 7.63. The van der Waals surface area contributed by atoms with Gasteiger partial charge in [0, 0.05) is 6.42 Å². The van der Waals surface area contributed by atoms with Crippen LogP contribution < -0.4 is 0 Å². The molecule has 1 aliphatic rings. The minimum absolute atomic E-state index is 0.0432. The summed E-state index contributed by atoms with van der Waals surface area (Å²) in [6.07, 6.45) is 4.92. The number of hydrogen-bond acceptors (Lipinski definition) is 5. The molecule has 1 aromatic rings. The van der Waals surface area contributed by atoms with Gasteiger partial charge >= 0.3 is 5.97 Å². The van der Waals surface area contributed by atoms with Crippen molar-refractivity contribution in [2.24, 2.45) is 0 Å². The molecule has 0 aliphatic carbocycles. The summed E-state index contributed by atoms with van der Waals surface area (Å²) in [6, 6.07) is 9.61. The van der Waals surface area contributed by atoms with Crippen LogP contribution in [0.4, 0.5) is 0 Å². The van der Waals surface area contributed by atoms with E-state index in [1.54, 1.807) is 18.2 Å². The smallest absolute Gasteiger partial charge is 0.310 e. The summed E-state index contributed by atoms with van der Waals surface area (Å²) < 4.78 is 16.6. The van der Waals surface area contributed by atoms with E-state index in [9.17, 15) is 9.59 Å². The van der Waals surface area contributed by atoms with Crippen molar-refractivity contribution in [3.63, 3.8) is 0 Å². The highest BCUT2D eigenvalue weighted by atomic mass is 16.7. The lowest BCUT2D eigenvalue weighted by molar-refractivity contribution is -0.148. The number of rotatable bonds is 10. The van der Waals surface area contributed by atoms with Crippen molar-refractivity contribution in [1.29, 1.82) is 0 Å². The Kier molecular flexibility index (Phi) is 7.20. The number of ketones is 1. The van der Waals surface area contributed by atoms with Gasteiger partial charge in [0.05, 0.1) is 25.6 Å². The van der Waals surface area contributed by atoms with Crippen LogP contribution in [0.15, 0.2) is 54.8 Å². The molecule has 0 aromatic heterocycles. The van der Waals surface area contributed by atoms with Crippen LogP contribution in [0.5, 0.6) is 0 Å². The SMILES string of the molecule is O=C(O)CC(=O)CC(COCc1ccccc1)O[C@H]1C=CC=CO1. The molecule has 1 aliphatic heterocycles. The first kappa shape index (κ1) is 17.9. The average Bonchev–Trinajstić information content (AvgIpc) is 2.56. The van der Waals surface area contributed by atoms with Gasteiger partial charge in [0.2, 0.25) is 6.29 Å². The van der Waals surface area contributed by atoms with Crippen LogP contribution in [-0.2, 0) is 30.4 Å². The molecule has 0 fully saturated rings. The van der Waals surface area contributed by atoms with Gasteiger partial charge in [0.25, 0.3) is 0 Å². The summed E-state index contributed by atoms with van der Waals surface area (Å²) in [5, 5.41) is 8.71. The molecule has 0 saturated heterocycles. The summed E-state index contributed by atoms with van der Waals surface area (Å²) in [5.74, 6) is -1.56. The normalized spacial score (nSPS) is 17.2. The largest absolute Gasteiger partial charge is 0.481 e. The van der Waals surface area contributed by atoms with Crippen LogP contribution in [0, 0.1) is 0 Å². The Morgan fingerprint density at radius 3 is 2.67 bits per heavy atom. The van der Waals surface area contributed by atoms with Crippen molar-refractivity contribution in [2.45, 2.75) is 31.8 Å². The van der Waals surface area contributed by atoms with E-state index in [4.69, 9.17) is 19.3 Å². The minimum atomic E-state index is -1.15. The molecular formula is C18H20O6. The number of ether oxygens (including phenoxy) is 3. The number of benzene rings is 1. The zero-order chi connectivity index (χ0) is 17.2. The van der Waals surface area contributed by atoms with Gasteiger partial charge in [-0.15, -0.1) is 0 Å². The zero-order valence-corrected chi connectivity index (χ0v) is 13.2. The second-order valence-corrected chi connectivity index (χ2v) is 5.29. The second-order valence-electron chi connectivity index (χ2n) is 5.29. The van der Waals surface area contributed by atoms with E-state index in [0.717, 1.165) is 5.56 Å². The first-order valence-electron chi connectivity index (χ1n) is 7.63. The Morgan fingerprint density at radius 1 is 1.21 bits per heavy atom. The fourth-order valence-corrected chi connectivity index (χ4v) is 2.16. The molecule has 1 heterocycles. The number of carboxylic acids is 1. The van der Waals surface area contributed by atoms with Crippen LogP contribution >= 0.6 is 0 Å². The Hall–Kier alpha value is -2.44. The van der Waals surface area contributed by atoms with E-state index >= 15 is 0 Å². The summed E-state index contributed by atoms with van der Waals surface area (Å²) in [4.78, 5) is 22.4. The standard InChI is InChI=1S/C18H20O6/c19-15(11-17(20)21)10-16(24-18-8-4-5-9-23-18)13-22-12-14-6-2-1-3-7-14/h1-9,16,18H,10-13H2,(H,20,21)/t16?,18-/m0/s1. The molecule has 2 atom stereocenters. The third-order valence-corrected chi connectivity index (χ3v) is 3.22. The van der Waals surface area contributed by atoms with Crippen LogP contribution in [0.1, 0.15) is 18.4 Å². The van der Waals surface area contributed by atoms with Gasteiger partial charge in [0.15, 0.2) is 0 Å². The second kappa shape index (κ2) is 9.64. The highest BCUT2D eigenvalue weighted by Crippen LogP contribution is 2.12. The molecule has 0 bridgehead atoms. The molecule has 1 aromatic carbocycles. The number of allylic oxidation sites excluding steroid dienone is 2. The molecule has 128 valence electrons. The Balaban J connectivity index is 1.85. The first-order chi connectivity index (χ1) is 11.6. The number of hydrogen-bond donors (Lipinski definition) is 1. The molecule has 0 amide bonds. The van der Waals surface area contributed by atoms with Crippen molar-refractivity contribution in [2.75, 3.05) is 6.61 Å². The predicted molar refractivity (Wildman–Crippen MR) is 86.0 cm³/mol. The maximum absolute atomic E-state index is 11.7. The van der Waals surface area contributed by atoms with Crippen LogP contribution in [0.3, 0.4) is 0 Å². The molecular weight excluding hydrogens is 312 g/mol. The Labute approximate surface area is 140 Å². The third-order valence-electron chi connectivity index (χ3n) is 3.22. The maximum Gasteiger partial charge on any atom is 0.310 e. The highest BCUT2D eigenvalue weighted by Gasteiger charge is 2.21. The maximum atomic E-state index is 11.7.